The fourth-order valence-electron chi connectivity index (χ4n) is 8.00. The topological polar surface area (TPSA) is 72.8 Å². The Morgan fingerprint density at radius 3 is 0.944 bits per heavy atom. The normalized spacial score (nSPS) is 13.2. The van der Waals surface area contributed by atoms with Gasteiger partial charge in [-0.15, -0.1) is 0 Å². The Hall–Kier alpha value is -3.96. The first-order valence-electron chi connectivity index (χ1n) is 29.7. The molecule has 0 saturated carbocycles. The number of allylic oxidation sites excluding steroid dienone is 22. The van der Waals surface area contributed by atoms with Crippen molar-refractivity contribution < 1.29 is 24.2 Å². The maximum absolute atomic E-state index is 12.3. The second-order valence-electron chi connectivity index (χ2n) is 19.3. The highest BCUT2D eigenvalue weighted by molar-refractivity contribution is 5.70. The van der Waals surface area contributed by atoms with Crippen molar-refractivity contribution in [2.45, 2.75) is 264 Å². The molecule has 0 fully saturated rings. The summed E-state index contributed by atoms with van der Waals surface area (Å²) in [5.41, 5.74) is 0. The van der Waals surface area contributed by atoms with Crippen LogP contribution >= 0.6 is 0 Å². The van der Waals surface area contributed by atoms with E-state index in [1.165, 1.54) is 135 Å². The molecule has 0 aromatic rings. The van der Waals surface area contributed by atoms with E-state index in [0.29, 0.717) is 12.8 Å². The van der Waals surface area contributed by atoms with Crippen LogP contribution in [0.2, 0.25) is 0 Å². The van der Waals surface area contributed by atoms with Gasteiger partial charge in [0, 0.05) is 12.8 Å². The first kappa shape index (κ1) is 68.0. The minimum absolute atomic E-state index is 0.0959. The molecule has 0 radical (unpaired) electrons. The summed E-state index contributed by atoms with van der Waals surface area (Å²) < 4.78 is 10.7. The number of rotatable bonds is 53. The molecule has 1 unspecified atom stereocenters. The van der Waals surface area contributed by atoms with Gasteiger partial charge in [0.05, 0.1) is 6.61 Å². The maximum Gasteiger partial charge on any atom is 0.306 e. The van der Waals surface area contributed by atoms with Crippen LogP contribution in [0.15, 0.2) is 134 Å². The zero-order valence-electron chi connectivity index (χ0n) is 46.6. The number of unbranched alkanes of at least 4 members (excludes halogenated alkanes) is 23. The molecule has 5 nitrogen and oxygen atoms in total. The number of hydrogen-bond acceptors (Lipinski definition) is 5. The van der Waals surface area contributed by atoms with Crippen LogP contribution in [0.4, 0.5) is 0 Å². The van der Waals surface area contributed by atoms with Crippen LogP contribution in [0.5, 0.6) is 0 Å². The van der Waals surface area contributed by atoms with E-state index in [2.05, 4.69) is 148 Å². The lowest BCUT2D eigenvalue weighted by Crippen LogP contribution is -2.28. The van der Waals surface area contributed by atoms with Gasteiger partial charge in [0.2, 0.25) is 0 Å². The van der Waals surface area contributed by atoms with Crippen molar-refractivity contribution in [3.05, 3.63) is 134 Å². The molecule has 72 heavy (non-hydrogen) atoms. The summed E-state index contributed by atoms with van der Waals surface area (Å²) in [6.07, 6.45) is 91.5. The lowest BCUT2D eigenvalue weighted by Gasteiger charge is -2.15. The van der Waals surface area contributed by atoms with E-state index >= 15 is 0 Å². The Morgan fingerprint density at radius 2 is 0.611 bits per heavy atom. The number of hydrogen-bond donors (Lipinski definition) is 1. The molecular weight excluding hydrogens is 885 g/mol. The average Bonchev–Trinajstić information content (AvgIpc) is 3.38. The Balaban J connectivity index is 3.61. The Kier molecular flexibility index (Phi) is 58.0. The summed E-state index contributed by atoms with van der Waals surface area (Å²) in [6.45, 7) is 3.98. The minimum atomic E-state index is -0.813. The van der Waals surface area contributed by atoms with Gasteiger partial charge < -0.3 is 14.6 Å². The number of carbonyl (C=O) groups excluding carboxylic acids is 2. The van der Waals surface area contributed by atoms with Gasteiger partial charge in [-0.3, -0.25) is 9.59 Å². The van der Waals surface area contributed by atoms with Crippen LogP contribution < -0.4 is 0 Å². The smallest absolute Gasteiger partial charge is 0.306 e. The van der Waals surface area contributed by atoms with Crippen molar-refractivity contribution in [3.63, 3.8) is 0 Å². The molecular formula is C67H110O5. The van der Waals surface area contributed by atoms with E-state index < -0.39 is 6.10 Å². The highest BCUT2D eigenvalue weighted by Crippen LogP contribution is 2.15. The SMILES string of the molecule is CC/C=C\C/C=C\C/C=C\C/C=C\C/C=C\C/C=C\C/C=C\C/C=C\C/C=C\CCCC(=O)OC(CO)COC(=O)CCCCCCCCCCCCCCCCCCC/C=C\C/C=C\CCCCCCC. The molecule has 0 aromatic heterocycles. The Morgan fingerprint density at radius 1 is 0.333 bits per heavy atom. The van der Waals surface area contributed by atoms with Crippen molar-refractivity contribution in [2.24, 2.45) is 0 Å². The van der Waals surface area contributed by atoms with E-state index in [-0.39, 0.29) is 31.6 Å². The summed E-state index contributed by atoms with van der Waals surface area (Å²) in [5.74, 6) is -0.663. The lowest BCUT2D eigenvalue weighted by atomic mass is 10.0. The van der Waals surface area contributed by atoms with Gasteiger partial charge >= 0.3 is 11.9 Å². The van der Waals surface area contributed by atoms with E-state index in [1.807, 2.05) is 0 Å². The number of ether oxygens (including phenoxy) is 2. The third kappa shape index (κ3) is 58.6. The van der Waals surface area contributed by atoms with Crippen LogP contribution in [-0.4, -0.2) is 36.4 Å². The Bertz CT molecular complexity index is 1500. The molecule has 0 aliphatic carbocycles. The van der Waals surface area contributed by atoms with Gasteiger partial charge in [0.15, 0.2) is 6.10 Å². The van der Waals surface area contributed by atoms with Gasteiger partial charge in [-0.1, -0.05) is 270 Å². The summed E-state index contributed by atoms with van der Waals surface area (Å²) in [5, 5.41) is 9.66. The fraction of sp³-hybridized carbons (Fsp3) is 0.642. The largest absolute Gasteiger partial charge is 0.462 e. The number of carbonyl (C=O) groups is 2. The number of aliphatic hydroxyl groups excluding tert-OH is 1. The molecule has 1 N–H and O–H groups in total. The summed E-state index contributed by atoms with van der Waals surface area (Å²) in [6, 6.07) is 0. The van der Waals surface area contributed by atoms with E-state index in [4.69, 9.17) is 9.47 Å². The second kappa shape index (κ2) is 61.3. The van der Waals surface area contributed by atoms with Crippen LogP contribution in [0.1, 0.15) is 258 Å². The molecule has 0 rings (SSSR count). The van der Waals surface area contributed by atoms with Crippen LogP contribution in [0, 0.1) is 0 Å². The van der Waals surface area contributed by atoms with Gasteiger partial charge in [0.25, 0.3) is 0 Å². The van der Waals surface area contributed by atoms with Crippen molar-refractivity contribution >= 4 is 11.9 Å². The average molecular weight is 996 g/mol. The summed E-state index contributed by atoms with van der Waals surface area (Å²) >= 11 is 0. The quantitative estimate of drug-likeness (QED) is 0.0373. The van der Waals surface area contributed by atoms with E-state index in [1.54, 1.807) is 0 Å². The van der Waals surface area contributed by atoms with Gasteiger partial charge in [0.1, 0.15) is 6.61 Å². The first-order valence-corrected chi connectivity index (χ1v) is 29.7. The molecule has 0 spiro atoms. The monoisotopic (exact) mass is 995 g/mol. The molecule has 0 aliphatic heterocycles. The van der Waals surface area contributed by atoms with Gasteiger partial charge in [-0.25, -0.2) is 0 Å². The third-order valence-electron chi connectivity index (χ3n) is 12.4. The van der Waals surface area contributed by atoms with Crippen LogP contribution in [-0.2, 0) is 19.1 Å². The highest BCUT2D eigenvalue weighted by atomic mass is 16.6. The molecule has 408 valence electrons. The predicted octanol–water partition coefficient (Wildman–Crippen LogP) is 20.4. The van der Waals surface area contributed by atoms with E-state index in [0.717, 1.165) is 89.9 Å². The number of aliphatic hydroxyl groups is 1. The van der Waals surface area contributed by atoms with Gasteiger partial charge in [-0.05, 0) is 109 Å². The first-order chi connectivity index (χ1) is 35.6. The van der Waals surface area contributed by atoms with Gasteiger partial charge in [-0.2, -0.15) is 0 Å². The molecule has 0 amide bonds. The molecule has 0 saturated heterocycles. The van der Waals surface area contributed by atoms with Crippen molar-refractivity contribution in [1.29, 1.82) is 0 Å². The zero-order valence-corrected chi connectivity index (χ0v) is 46.6. The minimum Gasteiger partial charge on any atom is -0.462 e. The Labute approximate surface area is 445 Å². The maximum atomic E-state index is 12.3. The molecule has 0 aliphatic rings. The van der Waals surface area contributed by atoms with Crippen LogP contribution in [0.25, 0.3) is 0 Å². The zero-order chi connectivity index (χ0) is 52.0. The lowest BCUT2D eigenvalue weighted by molar-refractivity contribution is -0.161. The van der Waals surface area contributed by atoms with Crippen molar-refractivity contribution in [3.8, 4) is 0 Å². The molecule has 5 heteroatoms. The van der Waals surface area contributed by atoms with Crippen LogP contribution in [0.3, 0.4) is 0 Å². The summed E-state index contributed by atoms with van der Waals surface area (Å²) in [4.78, 5) is 24.5. The van der Waals surface area contributed by atoms with E-state index in [9.17, 15) is 14.7 Å². The summed E-state index contributed by atoms with van der Waals surface area (Å²) in [7, 11) is 0. The molecule has 0 heterocycles. The standard InChI is InChI=1S/C67H110O5/c1-3-5-7-9-11-13-15-17-19-21-23-25-27-29-31-33-35-37-39-41-43-45-47-49-51-53-55-57-59-61-66(69)71-64-65(63-68)72-67(70)62-60-58-56-54-52-50-48-46-44-42-40-38-36-34-32-30-28-26-24-22-20-18-16-14-12-10-8-6-4-2/h6,8,12,14-15,17-18,20-21,23-24,26,30,32,36,38,42,44,48,50,54,56,65,68H,3-5,7,9-11,13,16,19,22,25,27-29,31,33-35,37,39-41,43,45-47,49,51-53,55,57-64H2,1-2H3/b8-6-,14-12-,17-15-,20-18-,23-21-,26-24-,32-30-,38-36-,44-42-,50-48-,56-54-. The molecule has 0 aromatic carbocycles. The van der Waals surface area contributed by atoms with Crippen molar-refractivity contribution in [1.82, 2.24) is 0 Å². The molecule has 0 bridgehead atoms. The third-order valence-corrected chi connectivity index (χ3v) is 12.4. The predicted molar refractivity (Wildman–Crippen MR) is 315 cm³/mol. The van der Waals surface area contributed by atoms with Crippen molar-refractivity contribution in [2.75, 3.05) is 13.2 Å². The second-order valence-corrected chi connectivity index (χ2v) is 19.3. The fourth-order valence-corrected chi connectivity index (χ4v) is 8.00. The number of esters is 2. The highest BCUT2D eigenvalue weighted by Gasteiger charge is 2.16. The molecule has 1 atom stereocenters.